The first-order valence-corrected chi connectivity index (χ1v) is 5.95. The van der Waals surface area contributed by atoms with E-state index in [-0.39, 0.29) is 6.10 Å². The predicted octanol–water partition coefficient (Wildman–Crippen LogP) is 3.16. The van der Waals surface area contributed by atoms with Crippen molar-refractivity contribution in [3.63, 3.8) is 0 Å². The van der Waals surface area contributed by atoms with Crippen LogP contribution in [-0.2, 0) is 6.42 Å². The molecule has 2 aromatic carbocycles. The third-order valence-electron chi connectivity index (χ3n) is 3.03. The van der Waals surface area contributed by atoms with Gasteiger partial charge < -0.3 is 9.84 Å². The number of ether oxygens (including phenoxy) is 1. The van der Waals surface area contributed by atoms with E-state index < -0.39 is 0 Å². The minimum absolute atomic E-state index is 0.279. The van der Waals surface area contributed by atoms with Gasteiger partial charge in [-0.1, -0.05) is 30.3 Å². The van der Waals surface area contributed by atoms with E-state index in [4.69, 9.17) is 4.74 Å². The first-order valence-electron chi connectivity index (χ1n) is 5.95. The van der Waals surface area contributed by atoms with Crippen LogP contribution in [0, 0.1) is 0 Å². The van der Waals surface area contributed by atoms with Gasteiger partial charge in [-0.15, -0.1) is 0 Å². The summed E-state index contributed by atoms with van der Waals surface area (Å²) in [4.78, 5) is 0. The summed E-state index contributed by atoms with van der Waals surface area (Å²) in [6, 6.07) is 12.3. The Morgan fingerprint density at radius 1 is 1.18 bits per heavy atom. The second-order valence-electron chi connectivity index (χ2n) is 4.36. The molecule has 0 saturated heterocycles. The molecule has 90 valence electrons. The number of aliphatic hydroxyl groups excluding tert-OH is 1. The largest absolute Gasteiger partial charge is 0.496 e. The summed E-state index contributed by atoms with van der Waals surface area (Å²) in [7, 11) is 1.69. The molecular formula is C15H18O2. The highest BCUT2D eigenvalue weighted by molar-refractivity contribution is 5.87. The Labute approximate surface area is 102 Å². The fourth-order valence-corrected chi connectivity index (χ4v) is 2.12. The van der Waals surface area contributed by atoms with Crippen LogP contribution in [0.3, 0.4) is 0 Å². The van der Waals surface area contributed by atoms with E-state index in [9.17, 15) is 5.11 Å². The van der Waals surface area contributed by atoms with Gasteiger partial charge in [-0.25, -0.2) is 0 Å². The van der Waals surface area contributed by atoms with Crippen molar-refractivity contribution in [1.82, 2.24) is 0 Å². The molecule has 1 unspecified atom stereocenters. The monoisotopic (exact) mass is 230 g/mol. The van der Waals surface area contributed by atoms with Crippen molar-refractivity contribution in [2.75, 3.05) is 7.11 Å². The lowest BCUT2D eigenvalue weighted by atomic mass is 9.98. The molecule has 0 radical (unpaired) electrons. The normalized spacial score (nSPS) is 12.6. The fourth-order valence-electron chi connectivity index (χ4n) is 2.12. The third-order valence-corrected chi connectivity index (χ3v) is 3.03. The van der Waals surface area contributed by atoms with Gasteiger partial charge in [0.05, 0.1) is 13.2 Å². The topological polar surface area (TPSA) is 29.5 Å². The van der Waals surface area contributed by atoms with Crippen molar-refractivity contribution < 1.29 is 9.84 Å². The van der Waals surface area contributed by atoms with Gasteiger partial charge in [0.25, 0.3) is 0 Å². The van der Waals surface area contributed by atoms with Gasteiger partial charge in [0.1, 0.15) is 5.75 Å². The van der Waals surface area contributed by atoms with Gasteiger partial charge in [-0.2, -0.15) is 0 Å². The molecule has 0 saturated carbocycles. The third kappa shape index (κ3) is 2.59. The maximum absolute atomic E-state index is 9.41. The summed E-state index contributed by atoms with van der Waals surface area (Å²) in [6.45, 7) is 1.82. The average molecular weight is 230 g/mol. The van der Waals surface area contributed by atoms with Gasteiger partial charge >= 0.3 is 0 Å². The van der Waals surface area contributed by atoms with Gasteiger partial charge in [-0.3, -0.25) is 0 Å². The van der Waals surface area contributed by atoms with E-state index in [0.29, 0.717) is 0 Å². The quantitative estimate of drug-likeness (QED) is 0.874. The smallest absolute Gasteiger partial charge is 0.122 e. The molecule has 2 rings (SSSR count). The van der Waals surface area contributed by atoms with Crippen molar-refractivity contribution in [2.45, 2.75) is 25.9 Å². The van der Waals surface area contributed by atoms with Crippen LogP contribution >= 0.6 is 0 Å². The lowest BCUT2D eigenvalue weighted by Crippen LogP contribution is -2.03. The SMILES string of the molecule is COc1ccc2ccccc2c1CCC(C)O. The lowest BCUT2D eigenvalue weighted by molar-refractivity contribution is 0.184. The van der Waals surface area contributed by atoms with Crippen molar-refractivity contribution in [1.29, 1.82) is 0 Å². The van der Waals surface area contributed by atoms with E-state index in [1.807, 2.05) is 25.1 Å². The maximum Gasteiger partial charge on any atom is 0.122 e. The molecule has 2 nitrogen and oxygen atoms in total. The van der Waals surface area contributed by atoms with Gasteiger partial charge in [0.15, 0.2) is 0 Å². The lowest BCUT2D eigenvalue weighted by Gasteiger charge is -2.12. The van der Waals surface area contributed by atoms with Crippen LogP contribution in [0.1, 0.15) is 18.9 Å². The number of rotatable bonds is 4. The van der Waals surface area contributed by atoms with E-state index in [1.165, 1.54) is 16.3 Å². The molecule has 0 aliphatic heterocycles. The molecule has 2 aromatic rings. The molecular weight excluding hydrogens is 212 g/mol. The summed E-state index contributed by atoms with van der Waals surface area (Å²) < 4.78 is 5.40. The standard InChI is InChI=1S/C15H18O2/c1-11(16)7-9-14-13-6-4-3-5-12(13)8-10-15(14)17-2/h3-6,8,10-11,16H,7,9H2,1-2H3. The molecule has 0 heterocycles. The highest BCUT2D eigenvalue weighted by Gasteiger charge is 2.08. The molecule has 0 aliphatic carbocycles. The summed E-state index contributed by atoms with van der Waals surface area (Å²) in [5, 5.41) is 11.8. The highest BCUT2D eigenvalue weighted by atomic mass is 16.5. The Balaban J connectivity index is 2.47. The molecule has 0 spiro atoms. The van der Waals surface area contributed by atoms with Crippen LogP contribution in [0.4, 0.5) is 0 Å². The van der Waals surface area contributed by atoms with Crippen molar-refractivity contribution in [3.8, 4) is 5.75 Å². The molecule has 1 atom stereocenters. The van der Waals surface area contributed by atoms with Crippen molar-refractivity contribution in [2.24, 2.45) is 0 Å². The Morgan fingerprint density at radius 2 is 1.94 bits per heavy atom. The zero-order valence-corrected chi connectivity index (χ0v) is 10.3. The Kier molecular flexibility index (Phi) is 3.64. The molecule has 1 N–H and O–H groups in total. The Hall–Kier alpha value is -1.54. The Bertz CT molecular complexity index is 503. The zero-order valence-electron chi connectivity index (χ0n) is 10.3. The van der Waals surface area contributed by atoms with Crippen LogP contribution in [0.5, 0.6) is 5.75 Å². The van der Waals surface area contributed by atoms with Crippen molar-refractivity contribution >= 4 is 10.8 Å². The van der Waals surface area contributed by atoms with Gasteiger partial charge in [-0.05, 0) is 36.6 Å². The summed E-state index contributed by atoms with van der Waals surface area (Å²) >= 11 is 0. The number of benzene rings is 2. The molecule has 0 aliphatic rings. The fraction of sp³-hybridized carbons (Fsp3) is 0.333. The van der Waals surface area contributed by atoms with Crippen molar-refractivity contribution in [3.05, 3.63) is 42.0 Å². The summed E-state index contributed by atoms with van der Waals surface area (Å²) in [5.41, 5.74) is 1.19. The first-order chi connectivity index (χ1) is 8.22. The zero-order chi connectivity index (χ0) is 12.3. The molecule has 17 heavy (non-hydrogen) atoms. The molecule has 0 aromatic heterocycles. The van der Waals surface area contributed by atoms with Gasteiger partial charge in [0.2, 0.25) is 0 Å². The van der Waals surface area contributed by atoms with E-state index in [0.717, 1.165) is 18.6 Å². The average Bonchev–Trinajstić information content (AvgIpc) is 2.35. The maximum atomic E-state index is 9.41. The molecule has 2 heteroatoms. The minimum atomic E-state index is -0.279. The van der Waals surface area contributed by atoms with Crippen LogP contribution < -0.4 is 4.74 Å². The summed E-state index contributed by atoms with van der Waals surface area (Å²) in [6.07, 6.45) is 1.31. The Morgan fingerprint density at radius 3 is 2.65 bits per heavy atom. The number of methoxy groups -OCH3 is 1. The summed E-state index contributed by atoms with van der Waals surface area (Å²) in [5.74, 6) is 0.907. The highest BCUT2D eigenvalue weighted by Crippen LogP contribution is 2.29. The van der Waals surface area contributed by atoms with E-state index in [1.54, 1.807) is 7.11 Å². The molecule has 0 amide bonds. The predicted molar refractivity (Wildman–Crippen MR) is 70.5 cm³/mol. The second kappa shape index (κ2) is 5.19. The van der Waals surface area contributed by atoms with Crippen LogP contribution in [0.25, 0.3) is 10.8 Å². The van der Waals surface area contributed by atoms with E-state index in [2.05, 4.69) is 18.2 Å². The number of hydrogen-bond acceptors (Lipinski definition) is 2. The molecule has 0 bridgehead atoms. The van der Waals surface area contributed by atoms with E-state index >= 15 is 0 Å². The van der Waals surface area contributed by atoms with Crippen LogP contribution in [-0.4, -0.2) is 18.3 Å². The molecule has 0 fully saturated rings. The minimum Gasteiger partial charge on any atom is -0.496 e. The second-order valence-corrected chi connectivity index (χ2v) is 4.36. The number of hydrogen-bond donors (Lipinski definition) is 1. The first kappa shape index (κ1) is 11.9. The number of aliphatic hydroxyl groups is 1. The number of aryl methyl sites for hydroxylation is 1. The van der Waals surface area contributed by atoms with Gasteiger partial charge in [0, 0.05) is 5.56 Å². The van der Waals surface area contributed by atoms with Crippen LogP contribution in [0.2, 0.25) is 0 Å². The number of fused-ring (bicyclic) bond motifs is 1. The van der Waals surface area contributed by atoms with Crippen LogP contribution in [0.15, 0.2) is 36.4 Å².